The van der Waals surface area contributed by atoms with Crippen molar-refractivity contribution in [2.24, 2.45) is 0 Å². The van der Waals surface area contributed by atoms with Crippen LogP contribution in [0, 0.1) is 0 Å². The van der Waals surface area contributed by atoms with Crippen LogP contribution in [-0.4, -0.2) is 130 Å². The van der Waals surface area contributed by atoms with Crippen LogP contribution < -0.4 is 0 Å². The van der Waals surface area contributed by atoms with E-state index in [2.05, 4.69) is 36.7 Å². The van der Waals surface area contributed by atoms with Gasteiger partial charge in [-0.2, -0.15) is 0 Å². The lowest BCUT2D eigenvalue weighted by atomic mass is 9.88. The van der Waals surface area contributed by atoms with Gasteiger partial charge in [-0.3, -0.25) is 39.0 Å². The molecular formula is C24H39N5O6. The first-order chi connectivity index (χ1) is 16.4. The zero-order valence-electron chi connectivity index (χ0n) is 21.0. The standard InChI is InChI=1S/C24H39N5O6/c1-24(2,3)19-4-5-20(25-14-19)15-26-6-8-27(16-21(30)31)10-12-29(18-23(34)35)13-11-28(9-7-26)17-22(32)33/h4-5,14H,6-13,15-18H2,1-3H3,(H,30,31)(H,32,33)(H,34,35). The molecule has 1 aliphatic rings. The van der Waals surface area contributed by atoms with Crippen molar-refractivity contribution in [3.8, 4) is 0 Å². The van der Waals surface area contributed by atoms with Gasteiger partial charge in [0.05, 0.1) is 25.3 Å². The summed E-state index contributed by atoms with van der Waals surface area (Å²) in [5, 5.41) is 27.9. The molecule has 0 aliphatic carbocycles. The number of carbonyl (C=O) groups is 3. The molecule has 3 N–H and O–H groups in total. The maximum absolute atomic E-state index is 11.4. The highest BCUT2D eigenvalue weighted by Gasteiger charge is 2.21. The van der Waals surface area contributed by atoms with Crippen LogP contribution in [0.1, 0.15) is 32.0 Å². The third-order valence-electron chi connectivity index (χ3n) is 6.08. The van der Waals surface area contributed by atoms with E-state index in [1.807, 2.05) is 22.1 Å². The molecule has 0 aromatic carbocycles. The number of carboxylic acid groups (broad SMARTS) is 3. The summed E-state index contributed by atoms with van der Waals surface area (Å²) in [6.45, 7) is 10.3. The fourth-order valence-electron chi connectivity index (χ4n) is 3.98. The molecule has 11 heteroatoms. The maximum Gasteiger partial charge on any atom is 0.317 e. The van der Waals surface area contributed by atoms with Crippen LogP contribution >= 0.6 is 0 Å². The van der Waals surface area contributed by atoms with Gasteiger partial charge in [-0.05, 0) is 17.0 Å². The molecule has 0 bridgehead atoms. The first kappa shape index (κ1) is 28.6. The molecule has 1 aromatic rings. The predicted molar refractivity (Wildman–Crippen MR) is 130 cm³/mol. The molecule has 0 amide bonds. The zero-order chi connectivity index (χ0) is 26.0. The number of hydrogen-bond acceptors (Lipinski definition) is 8. The minimum Gasteiger partial charge on any atom is -0.480 e. The largest absolute Gasteiger partial charge is 0.480 e. The van der Waals surface area contributed by atoms with Gasteiger partial charge in [0.25, 0.3) is 0 Å². The fraction of sp³-hybridized carbons (Fsp3) is 0.667. The molecule has 11 nitrogen and oxygen atoms in total. The van der Waals surface area contributed by atoms with Crippen molar-refractivity contribution in [2.45, 2.75) is 32.7 Å². The molecular weight excluding hydrogens is 454 g/mol. The van der Waals surface area contributed by atoms with Crippen molar-refractivity contribution >= 4 is 17.9 Å². The Morgan fingerprint density at radius 3 is 1.37 bits per heavy atom. The van der Waals surface area contributed by atoms with Crippen LogP contribution in [0.5, 0.6) is 0 Å². The number of aliphatic carboxylic acids is 3. The summed E-state index contributed by atoms with van der Waals surface area (Å²) in [6.07, 6.45) is 1.89. The Hall–Kier alpha value is -2.60. The summed E-state index contributed by atoms with van der Waals surface area (Å²) in [6, 6.07) is 4.08. The van der Waals surface area contributed by atoms with Gasteiger partial charge in [0.1, 0.15) is 0 Å². The third kappa shape index (κ3) is 11.1. The number of aromatic nitrogens is 1. The highest BCUT2D eigenvalue weighted by molar-refractivity contribution is 5.69. The molecule has 0 saturated carbocycles. The summed E-state index contributed by atoms with van der Waals surface area (Å²) in [4.78, 5) is 46.2. The quantitative estimate of drug-likeness (QED) is 0.463. The molecule has 0 spiro atoms. The van der Waals surface area contributed by atoms with Gasteiger partial charge in [-0.1, -0.05) is 26.8 Å². The summed E-state index contributed by atoms with van der Waals surface area (Å²) in [7, 11) is 0. The first-order valence-corrected chi connectivity index (χ1v) is 11.9. The fourth-order valence-corrected chi connectivity index (χ4v) is 3.98. The van der Waals surface area contributed by atoms with Crippen LogP contribution in [0.15, 0.2) is 18.3 Å². The van der Waals surface area contributed by atoms with E-state index in [-0.39, 0.29) is 25.0 Å². The van der Waals surface area contributed by atoms with E-state index < -0.39 is 17.9 Å². The molecule has 2 heterocycles. The van der Waals surface area contributed by atoms with E-state index in [9.17, 15) is 29.7 Å². The molecule has 2 rings (SSSR count). The molecule has 1 saturated heterocycles. The second-order valence-electron chi connectivity index (χ2n) is 10.1. The summed E-state index contributed by atoms with van der Waals surface area (Å²) in [5.41, 5.74) is 2.04. The van der Waals surface area contributed by atoms with E-state index in [0.29, 0.717) is 58.9 Å². The first-order valence-electron chi connectivity index (χ1n) is 11.9. The van der Waals surface area contributed by atoms with Crippen LogP contribution in [0.4, 0.5) is 0 Å². The Bertz CT molecular complexity index is 810. The van der Waals surface area contributed by atoms with Gasteiger partial charge >= 0.3 is 17.9 Å². The van der Waals surface area contributed by atoms with Crippen molar-refractivity contribution in [1.29, 1.82) is 0 Å². The number of hydrogen-bond donors (Lipinski definition) is 3. The monoisotopic (exact) mass is 493 g/mol. The van der Waals surface area contributed by atoms with Crippen molar-refractivity contribution in [1.82, 2.24) is 24.6 Å². The number of pyridine rings is 1. The average Bonchev–Trinajstić information content (AvgIpc) is 2.74. The zero-order valence-corrected chi connectivity index (χ0v) is 21.0. The minimum atomic E-state index is -0.970. The van der Waals surface area contributed by atoms with Crippen molar-refractivity contribution in [3.63, 3.8) is 0 Å². The Balaban J connectivity index is 2.18. The second kappa shape index (κ2) is 13.5. The highest BCUT2D eigenvalue weighted by atomic mass is 16.4. The van der Waals surface area contributed by atoms with E-state index in [4.69, 9.17) is 0 Å². The van der Waals surface area contributed by atoms with Crippen LogP contribution in [0.2, 0.25) is 0 Å². The molecule has 1 aromatic heterocycles. The maximum atomic E-state index is 11.4. The molecule has 0 radical (unpaired) electrons. The van der Waals surface area contributed by atoms with Gasteiger partial charge in [0, 0.05) is 65.1 Å². The topological polar surface area (TPSA) is 138 Å². The van der Waals surface area contributed by atoms with Gasteiger partial charge in [-0.25, -0.2) is 0 Å². The Labute approximate surface area is 206 Å². The van der Waals surface area contributed by atoms with E-state index in [0.717, 1.165) is 11.3 Å². The Morgan fingerprint density at radius 1 is 0.714 bits per heavy atom. The lowest BCUT2D eigenvalue weighted by molar-refractivity contribution is -0.140. The summed E-state index contributed by atoms with van der Waals surface area (Å²) in [5.74, 6) is -2.83. The Morgan fingerprint density at radius 2 is 1.09 bits per heavy atom. The van der Waals surface area contributed by atoms with Crippen molar-refractivity contribution < 1.29 is 29.7 Å². The normalized spacial score (nSPS) is 18.5. The number of rotatable bonds is 8. The van der Waals surface area contributed by atoms with Crippen LogP contribution in [0.25, 0.3) is 0 Å². The molecule has 0 atom stereocenters. The van der Waals surface area contributed by atoms with Crippen molar-refractivity contribution in [2.75, 3.05) is 72.0 Å². The smallest absolute Gasteiger partial charge is 0.317 e. The SMILES string of the molecule is CC(C)(C)c1ccc(CN2CCN(CC(=O)O)CCN(CC(=O)O)CCN(CC(=O)O)CC2)nc1. The number of carboxylic acids is 3. The molecule has 35 heavy (non-hydrogen) atoms. The van der Waals surface area contributed by atoms with Gasteiger partial charge in [-0.15, -0.1) is 0 Å². The van der Waals surface area contributed by atoms with Crippen LogP contribution in [-0.2, 0) is 26.3 Å². The molecule has 1 fully saturated rings. The Kier molecular flexibility index (Phi) is 11.0. The van der Waals surface area contributed by atoms with E-state index in [1.165, 1.54) is 0 Å². The minimum absolute atomic E-state index is 0.00215. The van der Waals surface area contributed by atoms with E-state index in [1.54, 1.807) is 4.90 Å². The average molecular weight is 494 g/mol. The van der Waals surface area contributed by atoms with Crippen LogP contribution in [0.3, 0.4) is 0 Å². The van der Waals surface area contributed by atoms with Gasteiger partial charge in [0.2, 0.25) is 0 Å². The summed E-state index contributed by atoms with van der Waals surface area (Å²) < 4.78 is 0. The molecule has 1 aliphatic heterocycles. The second-order valence-corrected chi connectivity index (χ2v) is 10.1. The predicted octanol–water partition coefficient (Wildman–Crippen LogP) is 0.355. The summed E-state index contributed by atoms with van der Waals surface area (Å²) >= 11 is 0. The molecule has 196 valence electrons. The lowest BCUT2D eigenvalue weighted by Gasteiger charge is -2.33. The lowest BCUT2D eigenvalue weighted by Crippen LogP contribution is -2.48. The van der Waals surface area contributed by atoms with Gasteiger partial charge < -0.3 is 15.3 Å². The van der Waals surface area contributed by atoms with E-state index >= 15 is 0 Å². The number of nitrogens with zero attached hydrogens (tertiary/aromatic N) is 5. The highest BCUT2D eigenvalue weighted by Crippen LogP contribution is 2.21. The van der Waals surface area contributed by atoms with Crippen molar-refractivity contribution in [3.05, 3.63) is 29.6 Å². The van der Waals surface area contributed by atoms with Gasteiger partial charge in [0.15, 0.2) is 0 Å². The molecule has 0 unspecified atom stereocenters. The third-order valence-corrected chi connectivity index (χ3v) is 6.08.